The van der Waals surface area contributed by atoms with Gasteiger partial charge in [0.05, 0.1) is 56.4 Å². The Labute approximate surface area is 241 Å². The zero-order valence-electron chi connectivity index (χ0n) is 18.1. The molecule has 0 bridgehead atoms. The predicted octanol–water partition coefficient (Wildman–Crippen LogP) is -2.49. The third kappa shape index (κ3) is 9.98. The molecule has 0 fully saturated rings. The number of halogens is 3. The number of hydrogen-bond acceptors (Lipinski definition) is 10. The summed E-state index contributed by atoms with van der Waals surface area (Å²) in [5, 5.41) is 62.5. The summed E-state index contributed by atoms with van der Waals surface area (Å²) in [4.78, 5) is 37.9. The fraction of sp³-hybridized carbons (Fsp3) is 0.526. The van der Waals surface area contributed by atoms with Gasteiger partial charge in [-0.1, -0.05) is 0 Å². The molecule has 3 amide bonds. The molecule has 0 saturated carbocycles. The number of nitrogens with one attached hydrogen (secondary N) is 3. The number of amides is 3. The summed E-state index contributed by atoms with van der Waals surface area (Å²) < 4.78 is 6.37. The van der Waals surface area contributed by atoms with E-state index in [0.29, 0.717) is 0 Å². The molecule has 1 aromatic rings. The Kier molecular flexibility index (Phi) is 15.1. The molecule has 0 spiro atoms. The van der Waals surface area contributed by atoms with E-state index in [2.05, 4.69) is 16.0 Å². The number of carbonyl (C=O) groups excluding carboxylic acids is 3. The summed E-state index contributed by atoms with van der Waals surface area (Å²) in [7, 11) is 0. The molecule has 0 aliphatic carbocycles. The van der Waals surface area contributed by atoms with E-state index in [-0.39, 0.29) is 47.2 Å². The van der Waals surface area contributed by atoms with Crippen LogP contribution in [0.2, 0.25) is 0 Å². The number of aliphatic hydroxyl groups excluding tert-OH is 6. The normalized spacial score (nSPS) is 13.5. The molecule has 3 atom stereocenters. The van der Waals surface area contributed by atoms with Crippen molar-refractivity contribution in [3.05, 3.63) is 21.8 Å². The summed E-state index contributed by atoms with van der Waals surface area (Å²) in [6, 6.07) is 0. The Morgan fingerprint density at radius 2 is 1.06 bits per heavy atom. The summed E-state index contributed by atoms with van der Waals surface area (Å²) in [5.41, 5.74) is 0.0476. The molecule has 16 heteroatoms. The minimum Gasteiger partial charge on any atom is -0.481 e. The van der Waals surface area contributed by atoms with Gasteiger partial charge in [0, 0.05) is 23.2 Å². The Morgan fingerprint density at radius 1 is 0.686 bits per heavy atom. The van der Waals surface area contributed by atoms with Crippen LogP contribution in [0.1, 0.15) is 20.7 Å². The van der Waals surface area contributed by atoms with E-state index >= 15 is 0 Å². The maximum absolute atomic E-state index is 12.9. The minimum atomic E-state index is -1.20. The third-order valence-electron chi connectivity index (χ3n) is 4.24. The van der Waals surface area contributed by atoms with Gasteiger partial charge in [-0.2, -0.15) is 0 Å². The Balaban J connectivity index is 3.34. The van der Waals surface area contributed by atoms with Gasteiger partial charge in [0.25, 0.3) is 17.7 Å². The van der Waals surface area contributed by atoms with Crippen LogP contribution in [0.4, 0.5) is 0 Å². The van der Waals surface area contributed by atoms with Gasteiger partial charge >= 0.3 is 0 Å². The highest BCUT2D eigenvalue weighted by Gasteiger charge is 2.29. The van der Waals surface area contributed by atoms with E-state index < -0.39 is 62.5 Å². The molecule has 35 heavy (non-hydrogen) atoms. The van der Waals surface area contributed by atoms with Crippen molar-refractivity contribution in [1.82, 2.24) is 16.0 Å². The Morgan fingerprint density at radius 3 is 1.43 bits per heavy atom. The second-order valence-electron chi connectivity index (χ2n) is 7.04. The van der Waals surface area contributed by atoms with Crippen LogP contribution in [0.5, 0.6) is 5.75 Å². The number of hydrogen-bond donors (Lipinski definition) is 9. The molecule has 0 aromatic heterocycles. The van der Waals surface area contributed by atoms with E-state index in [0.717, 1.165) is 0 Å². The molecule has 0 saturated heterocycles. The molecule has 13 nitrogen and oxygen atoms in total. The lowest BCUT2D eigenvalue weighted by Crippen LogP contribution is -2.38. The number of benzene rings is 1. The fourth-order valence-electron chi connectivity index (χ4n) is 2.38. The maximum atomic E-state index is 12.9. The quantitative estimate of drug-likeness (QED) is 0.0900. The highest BCUT2D eigenvalue weighted by atomic mass is 127. The smallest absolute Gasteiger partial charge is 0.258 e. The van der Waals surface area contributed by atoms with E-state index in [4.69, 9.17) is 20.1 Å². The average molecular weight is 837 g/mol. The van der Waals surface area contributed by atoms with E-state index in [1.165, 1.54) is 0 Å². The van der Waals surface area contributed by atoms with E-state index in [9.17, 15) is 29.7 Å². The van der Waals surface area contributed by atoms with Crippen molar-refractivity contribution in [1.29, 1.82) is 0 Å². The molecule has 0 heterocycles. The minimum absolute atomic E-state index is 0.0238. The molecule has 1 aromatic carbocycles. The maximum Gasteiger partial charge on any atom is 0.258 e. The molecule has 3 unspecified atom stereocenters. The van der Waals surface area contributed by atoms with Crippen molar-refractivity contribution in [2.75, 3.05) is 46.1 Å². The zero-order valence-corrected chi connectivity index (χ0v) is 24.6. The number of ether oxygens (including phenoxy) is 1. The predicted molar refractivity (Wildman–Crippen MR) is 147 cm³/mol. The van der Waals surface area contributed by atoms with Gasteiger partial charge in [0.2, 0.25) is 0 Å². The summed E-state index contributed by atoms with van der Waals surface area (Å²) in [5.74, 6) is -1.93. The van der Waals surface area contributed by atoms with Crippen molar-refractivity contribution in [2.24, 2.45) is 0 Å². The van der Waals surface area contributed by atoms with Gasteiger partial charge in [-0.3, -0.25) is 14.4 Å². The monoisotopic (exact) mass is 837 g/mol. The van der Waals surface area contributed by atoms with Gasteiger partial charge < -0.3 is 51.3 Å². The van der Waals surface area contributed by atoms with Crippen molar-refractivity contribution in [3.63, 3.8) is 0 Å². The fourth-order valence-corrected chi connectivity index (χ4v) is 6.84. The summed E-state index contributed by atoms with van der Waals surface area (Å²) >= 11 is 5.44. The van der Waals surface area contributed by atoms with E-state index in [1.807, 2.05) is 45.2 Å². The van der Waals surface area contributed by atoms with Crippen LogP contribution in [-0.2, 0) is 4.79 Å². The molecule has 9 N–H and O–H groups in total. The topological polar surface area (TPSA) is 218 Å². The van der Waals surface area contributed by atoms with Crippen molar-refractivity contribution in [2.45, 2.75) is 18.3 Å². The molecule has 0 aliphatic rings. The van der Waals surface area contributed by atoms with Crippen molar-refractivity contribution in [3.8, 4) is 5.75 Å². The first-order chi connectivity index (χ1) is 16.5. The number of aliphatic hydroxyl groups is 6. The lowest BCUT2D eigenvalue weighted by Gasteiger charge is -2.20. The van der Waals surface area contributed by atoms with Gasteiger partial charge in [-0.05, 0) is 67.8 Å². The third-order valence-corrected chi connectivity index (χ3v) is 7.38. The van der Waals surface area contributed by atoms with E-state index in [1.54, 1.807) is 22.6 Å². The van der Waals surface area contributed by atoms with Crippen LogP contribution in [0.25, 0.3) is 0 Å². The highest BCUT2D eigenvalue weighted by molar-refractivity contribution is 14.1. The van der Waals surface area contributed by atoms with Crippen LogP contribution in [0, 0.1) is 10.7 Å². The first-order valence-corrected chi connectivity index (χ1v) is 13.2. The highest BCUT2D eigenvalue weighted by Crippen LogP contribution is 2.37. The first-order valence-electron chi connectivity index (χ1n) is 10.0. The number of rotatable bonds is 14. The van der Waals surface area contributed by atoms with Crippen molar-refractivity contribution >= 4 is 85.5 Å². The Bertz CT molecular complexity index is 852. The Hall–Kier alpha value is -0.620. The second-order valence-corrected chi connectivity index (χ2v) is 10.3. The summed E-state index contributed by atoms with van der Waals surface area (Å²) in [6.45, 7) is -2.94. The lowest BCUT2D eigenvalue weighted by molar-refractivity contribution is -0.123. The second kappa shape index (κ2) is 16.3. The van der Waals surface area contributed by atoms with Crippen LogP contribution in [-0.4, -0.2) is 113 Å². The SMILES string of the molecule is O=C(COc1c(I)c(C(=O)NCC(O)CO)c(I)c(C(=O)NCC(O)CO)c1I)NCC(O)CO. The van der Waals surface area contributed by atoms with Crippen LogP contribution in [0.15, 0.2) is 0 Å². The van der Waals surface area contributed by atoms with Gasteiger partial charge in [-0.15, -0.1) is 0 Å². The average Bonchev–Trinajstić information content (AvgIpc) is 2.83. The zero-order chi connectivity index (χ0) is 26.7. The lowest BCUT2D eigenvalue weighted by atomic mass is 10.1. The van der Waals surface area contributed by atoms with Gasteiger partial charge in [0.1, 0.15) is 5.75 Å². The molecule has 198 valence electrons. The molecular formula is C19H26I3N3O10. The van der Waals surface area contributed by atoms with Crippen LogP contribution < -0.4 is 20.7 Å². The van der Waals surface area contributed by atoms with Crippen LogP contribution >= 0.6 is 67.8 Å². The van der Waals surface area contributed by atoms with Crippen LogP contribution in [0.3, 0.4) is 0 Å². The van der Waals surface area contributed by atoms with Gasteiger partial charge in [0.15, 0.2) is 6.61 Å². The first kappa shape index (κ1) is 32.4. The van der Waals surface area contributed by atoms with Gasteiger partial charge in [-0.25, -0.2) is 0 Å². The molecule has 0 aliphatic heterocycles. The molecule has 1 rings (SSSR count). The standard InChI is InChI=1S/C19H26I3N3O10/c20-14-12(18(33)24-2-9(30)5-27)15(21)17(35-7-11(32)23-1-8(29)4-26)16(22)13(14)19(34)25-3-10(31)6-28/h8-10,26-31H,1-7H2,(H,23,32)(H,24,33)(H,25,34). The largest absolute Gasteiger partial charge is 0.481 e. The van der Waals surface area contributed by atoms with Crippen molar-refractivity contribution < 1.29 is 49.8 Å². The molecular weight excluding hydrogens is 811 g/mol. The molecule has 0 radical (unpaired) electrons. The number of carbonyl (C=O) groups is 3. The summed E-state index contributed by atoms with van der Waals surface area (Å²) in [6.07, 6.45) is -3.55.